The summed E-state index contributed by atoms with van der Waals surface area (Å²) in [5, 5.41) is 54.1. The second kappa shape index (κ2) is 12.8. The van der Waals surface area contributed by atoms with Crippen LogP contribution in [0.2, 0.25) is 5.02 Å². The van der Waals surface area contributed by atoms with Crippen LogP contribution in [-0.2, 0) is 25.9 Å². The molecule has 1 aliphatic rings. The van der Waals surface area contributed by atoms with Crippen LogP contribution in [0.25, 0.3) is 10.2 Å². The Labute approximate surface area is 230 Å². The Morgan fingerprint density at radius 1 is 1.11 bits per heavy atom. The Morgan fingerprint density at radius 3 is 2.55 bits per heavy atom. The van der Waals surface area contributed by atoms with Gasteiger partial charge < -0.3 is 35.6 Å². The Hall–Kier alpha value is -2.09. The molecule has 2 heterocycles. The molecule has 4 atom stereocenters. The minimum atomic E-state index is -1.67. The van der Waals surface area contributed by atoms with Crippen LogP contribution >= 0.6 is 22.9 Å². The van der Waals surface area contributed by atoms with E-state index in [0.717, 1.165) is 47.3 Å². The van der Waals surface area contributed by atoms with Gasteiger partial charge in [-0.05, 0) is 56.0 Å². The van der Waals surface area contributed by atoms with Gasteiger partial charge in [0, 0.05) is 18.0 Å². The molecule has 0 saturated carbocycles. The van der Waals surface area contributed by atoms with Crippen LogP contribution in [0.5, 0.6) is 5.75 Å². The average molecular weight is 567 g/mol. The molecule has 4 rings (SSSR count). The summed E-state index contributed by atoms with van der Waals surface area (Å²) in [5.74, 6) is 1.90. The van der Waals surface area contributed by atoms with Crippen LogP contribution in [0.4, 0.5) is 5.82 Å². The number of aromatic nitrogens is 2. The van der Waals surface area contributed by atoms with Crippen molar-refractivity contribution in [3.05, 3.63) is 45.1 Å². The van der Waals surface area contributed by atoms with E-state index in [9.17, 15) is 20.4 Å². The van der Waals surface area contributed by atoms with Gasteiger partial charge in [-0.1, -0.05) is 17.7 Å². The molecule has 3 aromatic rings. The van der Waals surface area contributed by atoms with Gasteiger partial charge in [-0.2, -0.15) is 0 Å². The summed E-state index contributed by atoms with van der Waals surface area (Å²) in [7, 11) is 3.32. The SMILES string of the molecule is COc1ccc(CNc2nc(CN(C)C[C@@H](O)[C@H](O)[C@@H](O)[C@@H](O)CO)nc3sc4c(c23)CCCC4)cc1Cl. The molecular formula is C26H35ClN4O6S. The number of nitrogens with zero attached hydrogens (tertiary/aromatic N) is 3. The number of thiophene rings is 1. The maximum atomic E-state index is 10.4. The van der Waals surface area contributed by atoms with Gasteiger partial charge in [-0.15, -0.1) is 11.3 Å². The van der Waals surface area contributed by atoms with Crippen LogP contribution in [0.1, 0.15) is 34.7 Å². The lowest BCUT2D eigenvalue weighted by molar-refractivity contribution is -0.119. The van der Waals surface area contributed by atoms with Crippen LogP contribution in [0.15, 0.2) is 18.2 Å². The molecule has 6 N–H and O–H groups in total. The smallest absolute Gasteiger partial charge is 0.146 e. The minimum absolute atomic E-state index is 0.00811. The number of anilines is 1. The highest BCUT2D eigenvalue weighted by Gasteiger charge is 2.31. The zero-order valence-corrected chi connectivity index (χ0v) is 23.0. The molecular weight excluding hydrogens is 532 g/mol. The van der Waals surface area contributed by atoms with Crippen LogP contribution in [-0.4, -0.2) is 92.1 Å². The molecule has 1 aromatic carbocycles. The lowest BCUT2D eigenvalue weighted by Gasteiger charge is -2.28. The summed E-state index contributed by atoms with van der Waals surface area (Å²) < 4.78 is 5.25. The molecule has 208 valence electrons. The van der Waals surface area contributed by atoms with Gasteiger partial charge in [0.25, 0.3) is 0 Å². The van der Waals surface area contributed by atoms with Crippen molar-refractivity contribution in [2.45, 2.75) is 63.2 Å². The zero-order valence-electron chi connectivity index (χ0n) is 21.5. The predicted octanol–water partition coefficient (Wildman–Crippen LogP) is 1.71. The van der Waals surface area contributed by atoms with E-state index in [4.69, 9.17) is 31.4 Å². The first-order valence-electron chi connectivity index (χ1n) is 12.6. The second-order valence-corrected chi connectivity index (χ2v) is 11.2. The summed E-state index contributed by atoms with van der Waals surface area (Å²) in [6, 6.07) is 5.64. The minimum Gasteiger partial charge on any atom is -0.495 e. The summed E-state index contributed by atoms with van der Waals surface area (Å²) >= 11 is 8.00. The Bertz CT molecular complexity index is 1240. The lowest BCUT2D eigenvalue weighted by Crippen LogP contribution is -2.49. The maximum Gasteiger partial charge on any atom is 0.146 e. The Kier molecular flexibility index (Phi) is 9.77. The molecule has 0 amide bonds. The highest BCUT2D eigenvalue weighted by Crippen LogP contribution is 2.39. The molecule has 0 bridgehead atoms. The largest absolute Gasteiger partial charge is 0.495 e. The first-order chi connectivity index (χ1) is 18.2. The number of methoxy groups -OCH3 is 1. The molecule has 0 aliphatic heterocycles. The normalized spacial score (nSPS) is 16.8. The zero-order chi connectivity index (χ0) is 27.4. The van der Waals surface area contributed by atoms with E-state index in [0.29, 0.717) is 23.1 Å². The Balaban J connectivity index is 1.55. The summed E-state index contributed by atoms with van der Waals surface area (Å²) in [5.41, 5.74) is 2.28. The monoisotopic (exact) mass is 566 g/mol. The van der Waals surface area contributed by atoms with E-state index in [1.807, 2.05) is 18.2 Å². The number of fused-ring (bicyclic) bond motifs is 3. The third-order valence-electron chi connectivity index (χ3n) is 6.77. The first kappa shape index (κ1) is 28.9. The number of halogens is 1. The molecule has 1 aliphatic carbocycles. The summed E-state index contributed by atoms with van der Waals surface area (Å²) in [4.78, 5) is 13.6. The number of rotatable bonds is 12. The van der Waals surface area contributed by atoms with Gasteiger partial charge in [-0.3, -0.25) is 4.90 Å². The maximum absolute atomic E-state index is 10.4. The predicted molar refractivity (Wildman–Crippen MR) is 147 cm³/mol. The van der Waals surface area contributed by atoms with Crippen molar-refractivity contribution in [3.8, 4) is 5.75 Å². The number of hydrogen-bond donors (Lipinski definition) is 6. The first-order valence-corrected chi connectivity index (χ1v) is 13.8. The number of hydrogen-bond acceptors (Lipinski definition) is 11. The van der Waals surface area contributed by atoms with Gasteiger partial charge in [0.2, 0.25) is 0 Å². The quantitative estimate of drug-likeness (QED) is 0.191. The molecule has 2 aromatic heterocycles. The van der Waals surface area contributed by atoms with Crippen molar-refractivity contribution >= 4 is 39.0 Å². The van der Waals surface area contributed by atoms with Crippen molar-refractivity contribution in [2.75, 3.05) is 32.6 Å². The van der Waals surface area contributed by atoms with Gasteiger partial charge >= 0.3 is 0 Å². The molecule has 0 spiro atoms. The van der Waals surface area contributed by atoms with Crippen LogP contribution < -0.4 is 10.1 Å². The molecule has 0 fully saturated rings. The fraction of sp³-hybridized carbons (Fsp3) is 0.538. The van der Waals surface area contributed by atoms with E-state index in [1.165, 1.54) is 10.4 Å². The number of aliphatic hydroxyl groups excluding tert-OH is 5. The second-order valence-electron chi connectivity index (χ2n) is 9.70. The van der Waals surface area contributed by atoms with Crippen molar-refractivity contribution in [3.63, 3.8) is 0 Å². The van der Waals surface area contributed by atoms with Crippen molar-refractivity contribution in [1.82, 2.24) is 14.9 Å². The van der Waals surface area contributed by atoms with Crippen molar-refractivity contribution in [2.24, 2.45) is 0 Å². The molecule has 38 heavy (non-hydrogen) atoms. The third-order valence-corrected chi connectivity index (χ3v) is 8.25. The Morgan fingerprint density at radius 2 is 1.84 bits per heavy atom. The van der Waals surface area contributed by atoms with E-state index in [-0.39, 0.29) is 13.1 Å². The van der Waals surface area contributed by atoms with Crippen molar-refractivity contribution in [1.29, 1.82) is 0 Å². The van der Waals surface area contributed by atoms with E-state index in [1.54, 1.807) is 30.4 Å². The number of nitrogens with one attached hydrogen (secondary N) is 1. The van der Waals surface area contributed by atoms with Gasteiger partial charge in [0.1, 0.15) is 40.5 Å². The lowest BCUT2D eigenvalue weighted by atomic mass is 9.97. The van der Waals surface area contributed by atoms with Crippen molar-refractivity contribution < 1.29 is 30.3 Å². The van der Waals surface area contributed by atoms with E-state index >= 15 is 0 Å². The van der Waals surface area contributed by atoms with Crippen LogP contribution in [0.3, 0.4) is 0 Å². The van der Waals surface area contributed by atoms with E-state index in [2.05, 4.69) is 5.32 Å². The summed E-state index contributed by atoms with van der Waals surface area (Å²) in [6.07, 6.45) is -1.88. The molecule has 0 radical (unpaired) electrons. The van der Waals surface area contributed by atoms with Gasteiger partial charge in [0.15, 0.2) is 0 Å². The highest BCUT2D eigenvalue weighted by atomic mass is 35.5. The van der Waals surface area contributed by atoms with Crippen LogP contribution in [0, 0.1) is 0 Å². The molecule has 0 unspecified atom stereocenters. The highest BCUT2D eigenvalue weighted by molar-refractivity contribution is 7.19. The fourth-order valence-electron chi connectivity index (χ4n) is 4.70. The average Bonchev–Trinajstić information content (AvgIpc) is 3.28. The van der Waals surface area contributed by atoms with Gasteiger partial charge in [0.05, 0.1) is 36.8 Å². The molecule has 0 saturated heterocycles. The topological polar surface area (TPSA) is 151 Å². The number of aryl methyl sites for hydroxylation is 2. The fourth-order valence-corrected chi connectivity index (χ4v) is 6.26. The molecule has 12 heteroatoms. The third kappa shape index (κ3) is 6.54. The van der Waals surface area contributed by atoms with E-state index < -0.39 is 31.0 Å². The molecule has 10 nitrogen and oxygen atoms in total. The number of aliphatic hydroxyl groups is 5. The standard InChI is InChI=1S/C26H35ClN4O6S/c1-31(11-17(33)23(35)24(36)18(34)13-32)12-21-29-25(28-10-14-7-8-19(37-2)16(27)9-14)22-15-5-3-4-6-20(15)38-26(22)30-21/h7-9,17-18,23-24,32-36H,3-6,10-13H2,1-2H3,(H,28,29,30)/t17-,18+,23+,24+/m1/s1. The van der Waals surface area contributed by atoms with Gasteiger partial charge in [-0.25, -0.2) is 9.97 Å². The summed E-state index contributed by atoms with van der Waals surface area (Å²) in [6.45, 7) is 0.0550. The number of benzene rings is 1. The number of ether oxygens (including phenoxy) is 1. The number of likely N-dealkylation sites (N-methyl/N-ethyl adjacent to an activating group) is 1.